The summed E-state index contributed by atoms with van der Waals surface area (Å²) in [6.07, 6.45) is 2.87. The van der Waals surface area contributed by atoms with Gasteiger partial charge in [-0.1, -0.05) is 12.1 Å². The molecule has 2 saturated heterocycles. The van der Waals surface area contributed by atoms with Gasteiger partial charge >= 0.3 is 11.9 Å². The van der Waals surface area contributed by atoms with E-state index >= 15 is 0 Å². The summed E-state index contributed by atoms with van der Waals surface area (Å²) >= 11 is 0. The van der Waals surface area contributed by atoms with Crippen molar-refractivity contribution in [2.24, 2.45) is 0 Å². The van der Waals surface area contributed by atoms with E-state index in [1.165, 1.54) is 13.8 Å². The Balaban J connectivity index is 1.81. The van der Waals surface area contributed by atoms with Crippen LogP contribution in [0.5, 0.6) is 0 Å². The molecule has 1 aromatic carbocycles. The first-order chi connectivity index (χ1) is 14.7. The zero-order valence-electron chi connectivity index (χ0n) is 18.4. The molecule has 166 valence electrons. The molecule has 1 aromatic heterocycles. The first-order valence-electron chi connectivity index (χ1n) is 10.8. The van der Waals surface area contributed by atoms with Crippen molar-refractivity contribution in [3.05, 3.63) is 40.9 Å². The molecule has 2 aliphatic rings. The van der Waals surface area contributed by atoms with Crippen molar-refractivity contribution >= 4 is 22.8 Å². The average Bonchev–Trinajstić information content (AvgIpc) is 2.69. The van der Waals surface area contributed by atoms with Gasteiger partial charge in [0.05, 0.1) is 29.3 Å². The molecule has 0 N–H and O–H groups in total. The van der Waals surface area contributed by atoms with Crippen molar-refractivity contribution in [3.8, 4) is 0 Å². The smallest absolute Gasteiger partial charge is 0.302 e. The highest BCUT2D eigenvalue weighted by molar-refractivity contribution is 5.77. The van der Waals surface area contributed by atoms with E-state index in [2.05, 4.69) is 23.7 Å². The number of carbonyl (C=O) groups excluding carboxylic acids is 2. The van der Waals surface area contributed by atoms with Crippen molar-refractivity contribution in [2.45, 2.75) is 76.8 Å². The number of fused-ring (bicyclic) bond motifs is 2. The summed E-state index contributed by atoms with van der Waals surface area (Å²) in [4.78, 5) is 43.9. The third-order valence-electron chi connectivity index (χ3n) is 6.63. The Labute approximate surface area is 181 Å². The maximum Gasteiger partial charge on any atom is 0.302 e. The average molecular weight is 428 g/mol. The molecule has 0 aliphatic carbocycles. The summed E-state index contributed by atoms with van der Waals surface area (Å²) in [7, 11) is 0. The molecule has 0 amide bonds. The minimum absolute atomic E-state index is 0.0858. The van der Waals surface area contributed by atoms with E-state index in [4.69, 9.17) is 9.47 Å². The lowest BCUT2D eigenvalue weighted by molar-refractivity contribution is -0.181. The number of esters is 2. The van der Waals surface area contributed by atoms with E-state index in [0.717, 1.165) is 19.4 Å². The minimum atomic E-state index is -0.550. The van der Waals surface area contributed by atoms with E-state index in [1.54, 1.807) is 23.0 Å². The number of piperidine rings is 2. The van der Waals surface area contributed by atoms with Gasteiger partial charge in [0.25, 0.3) is 5.56 Å². The lowest BCUT2D eigenvalue weighted by Gasteiger charge is -2.57. The fourth-order valence-corrected chi connectivity index (χ4v) is 5.49. The number of ether oxygens (including phenoxy) is 2. The second kappa shape index (κ2) is 8.07. The molecule has 3 heterocycles. The lowest BCUT2D eigenvalue weighted by Crippen LogP contribution is -2.68. The summed E-state index contributed by atoms with van der Waals surface area (Å²) in [5, 5.41) is 0.529. The van der Waals surface area contributed by atoms with Gasteiger partial charge in [-0.05, 0) is 45.4 Å². The molecule has 4 atom stereocenters. The Kier molecular flexibility index (Phi) is 5.60. The Morgan fingerprint density at radius 1 is 1.10 bits per heavy atom. The summed E-state index contributed by atoms with van der Waals surface area (Å²) < 4.78 is 13.0. The monoisotopic (exact) mass is 427 g/mol. The normalized spacial score (nSPS) is 28.0. The number of hydrogen-bond donors (Lipinski definition) is 0. The van der Waals surface area contributed by atoms with E-state index in [9.17, 15) is 14.4 Å². The van der Waals surface area contributed by atoms with Crippen LogP contribution in [-0.2, 0) is 19.1 Å². The van der Waals surface area contributed by atoms with E-state index in [0.29, 0.717) is 17.3 Å². The number of rotatable bonds is 3. The van der Waals surface area contributed by atoms with Gasteiger partial charge in [0.15, 0.2) is 0 Å². The molecule has 8 heteroatoms. The van der Waals surface area contributed by atoms with Crippen LogP contribution < -0.4 is 5.56 Å². The number of hydrogen-bond acceptors (Lipinski definition) is 7. The van der Waals surface area contributed by atoms with Crippen LogP contribution in [0.3, 0.4) is 0 Å². The van der Waals surface area contributed by atoms with Gasteiger partial charge in [-0.3, -0.25) is 23.9 Å². The molecule has 0 unspecified atom stereocenters. The number of benzene rings is 1. The van der Waals surface area contributed by atoms with Crippen molar-refractivity contribution < 1.29 is 19.1 Å². The highest BCUT2D eigenvalue weighted by Crippen LogP contribution is 2.44. The van der Waals surface area contributed by atoms with Crippen LogP contribution >= 0.6 is 0 Å². The third kappa shape index (κ3) is 3.84. The Bertz CT molecular complexity index is 1060. The molecule has 0 radical (unpaired) electrons. The maximum absolute atomic E-state index is 13.4. The van der Waals surface area contributed by atoms with Crippen LogP contribution in [0.25, 0.3) is 10.9 Å². The van der Waals surface area contributed by atoms with E-state index < -0.39 is 23.7 Å². The second-order valence-corrected chi connectivity index (χ2v) is 9.01. The second-order valence-electron chi connectivity index (χ2n) is 9.01. The number of nitrogens with zero attached hydrogens (tertiary/aromatic N) is 3. The van der Waals surface area contributed by atoms with Crippen molar-refractivity contribution in [1.82, 2.24) is 14.5 Å². The lowest BCUT2D eigenvalue weighted by atomic mass is 9.75. The SMILES string of the molecule is CC(=O)O[C@H]1CCCN2[C@H]1C[C@@H](OC(C)=O)[C@@H](n1cnc3ccccc3c1=O)C2(C)C. The first kappa shape index (κ1) is 21.5. The summed E-state index contributed by atoms with van der Waals surface area (Å²) in [6, 6.07) is 6.71. The van der Waals surface area contributed by atoms with Gasteiger partial charge in [-0.25, -0.2) is 4.98 Å². The molecule has 0 bridgehead atoms. The van der Waals surface area contributed by atoms with Crippen molar-refractivity contribution in [2.75, 3.05) is 6.54 Å². The number of carbonyl (C=O) groups is 2. The van der Waals surface area contributed by atoms with Gasteiger partial charge in [0.2, 0.25) is 0 Å². The fraction of sp³-hybridized carbons (Fsp3) is 0.565. The molecule has 31 heavy (non-hydrogen) atoms. The van der Waals surface area contributed by atoms with Gasteiger partial charge in [-0.15, -0.1) is 0 Å². The zero-order chi connectivity index (χ0) is 22.3. The van der Waals surface area contributed by atoms with Gasteiger partial charge in [0.1, 0.15) is 12.2 Å². The van der Waals surface area contributed by atoms with Crippen LogP contribution in [0.4, 0.5) is 0 Å². The molecular weight excluding hydrogens is 398 g/mol. The minimum Gasteiger partial charge on any atom is -0.461 e. The molecule has 8 nitrogen and oxygen atoms in total. The topological polar surface area (TPSA) is 90.7 Å². The van der Waals surface area contributed by atoms with Crippen LogP contribution in [0.1, 0.15) is 53.0 Å². The Morgan fingerprint density at radius 2 is 1.77 bits per heavy atom. The largest absolute Gasteiger partial charge is 0.461 e. The summed E-state index contributed by atoms with van der Waals surface area (Å²) in [5.41, 5.74) is -0.0736. The molecule has 0 saturated carbocycles. The number of para-hydroxylation sites is 1. The highest BCUT2D eigenvalue weighted by atomic mass is 16.6. The zero-order valence-corrected chi connectivity index (χ0v) is 18.4. The van der Waals surface area contributed by atoms with Crippen LogP contribution in [0.2, 0.25) is 0 Å². The molecular formula is C23H29N3O5. The van der Waals surface area contributed by atoms with E-state index in [-0.39, 0.29) is 23.7 Å². The fourth-order valence-electron chi connectivity index (χ4n) is 5.49. The van der Waals surface area contributed by atoms with Gasteiger partial charge in [0, 0.05) is 25.8 Å². The predicted octanol–water partition coefficient (Wildman–Crippen LogP) is 2.45. The predicted molar refractivity (Wildman–Crippen MR) is 115 cm³/mol. The van der Waals surface area contributed by atoms with E-state index in [1.807, 2.05) is 12.1 Å². The maximum atomic E-state index is 13.4. The Morgan fingerprint density at radius 3 is 2.48 bits per heavy atom. The van der Waals surface area contributed by atoms with Crippen LogP contribution in [0, 0.1) is 0 Å². The van der Waals surface area contributed by atoms with Crippen LogP contribution in [-0.4, -0.2) is 56.7 Å². The molecule has 2 aromatic rings. The summed E-state index contributed by atoms with van der Waals surface area (Å²) in [6.45, 7) is 7.71. The van der Waals surface area contributed by atoms with Gasteiger partial charge < -0.3 is 9.47 Å². The molecule has 2 fully saturated rings. The summed E-state index contributed by atoms with van der Waals surface area (Å²) in [5.74, 6) is -0.716. The third-order valence-corrected chi connectivity index (χ3v) is 6.63. The van der Waals surface area contributed by atoms with Gasteiger partial charge in [-0.2, -0.15) is 0 Å². The highest BCUT2D eigenvalue weighted by Gasteiger charge is 2.54. The number of aromatic nitrogens is 2. The van der Waals surface area contributed by atoms with Crippen LogP contribution in [0.15, 0.2) is 35.4 Å². The Hall–Kier alpha value is -2.74. The molecule has 4 rings (SSSR count). The quantitative estimate of drug-likeness (QED) is 0.695. The van der Waals surface area contributed by atoms with Crippen molar-refractivity contribution in [3.63, 3.8) is 0 Å². The standard InChI is InChI=1S/C23H29N3O5/c1-14(27)30-19-10-7-11-26-18(19)12-20(31-15(2)28)21(23(26,3)4)25-13-24-17-9-6-5-8-16(17)22(25)29/h5-6,8-9,13,18-21H,7,10-12H2,1-4H3/t18-,19-,20+,21+/m0/s1. The van der Waals surface area contributed by atoms with Crippen molar-refractivity contribution in [1.29, 1.82) is 0 Å². The molecule has 2 aliphatic heterocycles. The molecule has 0 spiro atoms. The first-order valence-corrected chi connectivity index (χ1v) is 10.8.